The Kier molecular flexibility index (Phi) is 2.87. The third-order valence-electron chi connectivity index (χ3n) is 2.53. The Hall–Kier alpha value is -2.23. The normalized spacial score (nSPS) is 10.4. The third-order valence-corrected chi connectivity index (χ3v) is 2.53. The molecular formula is C13H12O4. The minimum atomic E-state index is -0.542. The maximum absolute atomic E-state index is 11.6. The molecule has 0 saturated heterocycles. The second-order valence-corrected chi connectivity index (χ2v) is 3.57. The van der Waals surface area contributed by atoms with Crippen LogP contribution in [0, 0.1) is 0 Å². The van der Waals surface area contributed by atoms with Gasteiger partial charge in [0.25, 0.3) is 0 Å². The van der Waals surface area contributed by atoms with E-state index in [2.05, 4.69) is 6.58 Å². The summed E-state index contributed by atoms with van der Waals surface area (Å²) in [6.45, 7) is 3.54. The molecule has 1 aromatic heterocycles. The van der Waals surface area contributed by atoms with Gasteiger partial charge in [-0.1, -0.05) is 6.08 Å². The first-order valence-electron chi connectivity index (χ1n) is 5.11. The minimum Gasteiger partial charge on any atom is -0.507 e. The smallest absolute Gasteiger partial charge is 0.343 e. The summed E-state index contributed by atoms with van der Waals surface area (Å²) in [5.74, 6) is 0.515. The number of allylic oxidation sites excluding steroid dienone is 1. The zero-order chi connectivity index (χ0) is 12.4. The molecular weight excluding hydrogens is 220 g/mol. The Morgan fingerprint density at radius 1 is 1.53 bits per heavy atom. The number of rotatable bonds is 3. The molecule has 2 rings (SSSR count). The SMILES string of the molecule is C=CCc1c(O)c2cc(OC)ccc2oc1=O. The van der Waals surface area contributed by atoms with E-state index in [-0.39, 0.29) is 17.7 Å². The lowest BCUT2D eigenvalue weighted by Crippen LogP contribution is -2.06. The molecule has 0 aliphatic heterocycles. The highest BCUT2D eigenvalue weighted by atomic mass is 16.5. The molecule has 17 heavy (non-hydrogen) atoms. The molecule has 0 spiro atoms. The van der Waals surface area contributed by atoms with Crippen molar-refractivity contribution in [2.75, 3.05) is 7.11 Å². The van der Waals surface area contributed by atoms with Crippen LogP contribution in [0.4, 0.5) is 0 Å². The maximum Gasteiger partial charge on any atom is 0.343 e. The molecule has 0 fully saturated rings. The molecule has 4 heteroatoms. The third kappa shape index (κ3) is 1.89. The number of fused-ring (bicyclic) bond motifs is 1. The lowest BCUT2D eigenvalue weighted by Gasteiger charge is -2.06. The van der Waals surface area contributed by atoms with Crippen LogP contribution in [0.25, 0.3) is 11.0 Å². The van der Waals surface area contributed by atoms with Gasteiger partial charge in [-0.25, -0.2) is 4.79 Å². The van der Waals surface area contributed by atoms with Gasteiger partial charge >= 0.3 is 5.63 Å². The molecule has 0 saturated carbocycles. The Bertz CT molecular complexity index is 625. The van der Waals surface area contributed by atoms with Crippen molar-refractivity contribution in [3.05, 3.63) is 46.8 Å². The van der Waals surface area contributed by atoms with Crippen LogP contribution in [0.5, 0.6) is 11.5 Å². The molecule has 0 amide bonds. The second kappa shape index (κ2) is 4.33. The average Bonchev–Trinajstić information content (AvgIpc) is 2.34. The van der Waals surface area contributed by atoms with E-state index < -0.39 is 5.63 Å². The molecule has 1 aromatic carbocycles. The van der Waals surface area contributed by atoms with Crippen molar-refractivity contribution in [3.63, 3.8) is 0 Å². The first kappa shape index (κ1) is 11.3. The van der Waals surface area contributed by atoms with Crippen molar-refractivity contribution >= 4 is 11.0 Å². The second-order valence-electron chi connectivity index (χ2n) is 3.57. The van der Waals surface area contributed by atoms with Gasteiger partial charge in [-0.3, -0.25) is 0 Å². The Balaban J connectivity index is 2.78. The molecule has 0 atom stereocenters. The van der Waals surface area contributed by atoms with E-state index >= 15 is 0 Å². The van der Waals surface area contributed by atoms with Gasteiger partial charge in [0.2, 0.25) is 0 Å². The van der Waals surface area contributed by atoms with E-state index in [0.29, 0.717) is 16.7 Å². The first-order chi connectivity index (χ1) is 8.17. The Labute approximate surface area is 97.8 Å². The van der Waals surface area contributed by atoms with Gasteiger partial charge in [-0.15, -0.1) is 6.58 Å². The quantitative estimate of drug-likeness (QED) is 0.651. The highest BCUT2D eigenvalue weighted by Crippen LogP contribution is 2.29. The highest BCUT2D eigenvalue weighted by molar-refractivity contribution is 5.85. The lowest BCUT2D eigenvalue weighted by molar-refractivity contribution is 0.414. The van der Waals surface area contributed by atoms with Crippen molar-refractivity contribution in [2.45, 2.75) is 6.42 Å². The standard InChI is InChI=1S/C13H12O4/c1-3-4-9-12(14)10-7-8(16-2)5-6-11(10)17-13(9)15/h3,5-7,14H,1,4H2,2H3. The Morgan fingerprint density at radius 2 is 2.29 bits per heavy atom. The van der Waals surface area contributed by atoms with Gasteiger partial charge in [0.15, 0.2) is 0 Å². The first-order valence-corrected chi connectivity index (χ1v) is 5.11. The van der Waals surface area contributed by atoms with Crippen molar-refractivity contribution in [3.8, 4) is 11.5 Å². The molecule has 2 aromatic rings. The number of methoxy groups -OCH3 is 1. The van der Waals surface area contributed by atoms with E-state index in [9.17, 15) is 9.90 Å². The fourth-order valence-corrected chi connectivity index (χ4v) is 1.66. The lowest BCUT2D eigenvalue weighted by atomic mass is 10.1. The summed E-state index contributed by atoms with van der Waals surface area (Å²) in [5.41, 5.74) is 0.00179. The van der Waals surface area contributed by atoms with E-state index in [4.69, 9.17) is 9.15 Å². The summed E-state index contributed by atoms with van der Waals surface area (Å²) < 4.78 is 10.2. The number of benzene rings is 1. The van der Waals surface area contributed by atoms with Crippen molar-refractivity contribution < 1.29 is 14.3 Å². The minimum absolute atomic E-state index is 0.0740. The van der Waals surface area contributed by atoms with Gasteiger partial charge < -0.3 is 14.3 Å². The van der Waals surface area contributed by atoms with Crippen LogP contribution in [0.3, 0.4) is 0 Å². The largest absolute Gasteiger partial charge is 0.507 e. The van der Waals surface area contributed by atoms with Crippen LogP contribution >= 0.6 is 0 Å². The number of hydrogen-bond acceptors (Lipinski definition) is 4. The molecule has 0 radical (unpaired) electrons. The fourth-order valence-electron chi connectivity index (χ4n) is 1.66. The molecule has 1 heterocycles. The van der Waals surface area contributed by atoms with Crippen molar-refractivity contribution in [2.24, 2.45) is 0 Å². The van der Waals surface area contributed by atoms with Crippen LogP contribution < -0.4 is 10.4 Å². The summed E-state index contributed by atoms with van der Waals surface area (Å²) in [4.78, 5) is 11.6. The number of hydrogen-bond donors (Lipinski definition) is 1. The van der Waals surface area contributed by atoms with Gasteiger partial charge in [-0.2, -0.15) is 0 Å². The zero-order valence-corrected chi connectivity index (χ0v) is 9.40. The van der Waals surface area contributed by atoms with Gasteiger partial charge in [0.1, 0.15) is 17.1 Å². The van der Waals surface area contributed by atoms with E-state index in [0.717, 1.165) is 0 Å². The summed E-state index contributed by atoms with van der Waals surface area (Å²) in [6.07, 6.45) is 1.80. The molecule has 0 aliphatic rings. The average molecular weight is 232 g/mol. The predicted octanol–water partition coefficient (Wildman–Crippen LogP) is 2.24. The highest BCUT2D eigenvalue weighted by Gasteiger charge is 2.13. The monoisotopic (exact) mass is 232 g/mol. The molecule has 1 N–H and O–H groups in total. The topological polar surface area (TPSA) is 59.7 Å². The molecule has 0 bridgehead atoms. The van der Waals surface area contributed by atoms with Crippen molar-refractivity contribution in [1.82, 2.24) is 0 Å². The molecule has 0 unspecified atom stereocenters. The van der Waals surface area contributed by atoms with E-state index in [1.807, 2.05) is 0 Å². The van der Waals surface area contributed by atoms with Gasteiger partial charge in [0, 0.05) is 6.42 Å². The van der Waals surface area contributed by atoms with Crippen LogP contribution in [-0.4, -0.2) is 12.2 Å². The fraction of sp³-hybridized carbons (Fsp3) is 0.154. The van der Waals surface area contributed by atoms with Crippen LogP contribution in [0.1, 0.15) is 5.56 Å². The van der Waals surface area contributed by atoms with Gasteiger partial charge in [0.05, 0.1) is 18.1 Å². The molecule has 4 nitrogen and oxygen atoms in total. The summed E-state index contributed by atoms with van der Waals surface area (Å²) in [6, 6.07) is 4.88. The van der Waals surface area contributed by atoms with E-state index in [1.54, 1.807) is 18.2 Å². The zero-order valence-electron chi connectivity index (χ0n) is 9.40. The molecule has 88 valence electrons. The number of ether oxygens (including phenoxy) is 1. The summed E-state index contributed by atoms with van der Waals surface area (Å²) in [7, 11) is 1.53. The van der Waals surface area contributed by atoms with Crippen LogP contribution in [-0.2, 0) is 6.42 Å². The number of aromatic hydroxyl groups is 1. The van der Waals surface area contributed by atoms with Crippen molar-refractivity contribution in [1.29, 1.82) is 0 Å². The van der Waals surface area contributed by atoms with Crippen LogP contribution in [0.15, 0.2) is 40.1 Å². The summed E-state index contributed by atoms with van der Waals surface area (Å²) >= 11 is 0. The maximum atomic E-state index is 11.6. The van der Waals surface area contributed by atoms with Gasteiger partial charge in [-0.05, 0) is 18.2 Å². The van der Waals surface area contributed by atoms with Crippen LogP contribution in [0.2, 0.25) is 0 Å². The summed E-state index contributed by atoms with van der Waals surface area (Å²) in [5, 5.41) is 10.5. The van der Waals surface area contributed by atoms with E-state index in [1.165, 1.54) is 13.2 Å². The molecule has 0 aliphatic carbocycles. The Morgan fingerprint density at radius 3 is 2.94 bits per heavy atom. The predicted molar refractivity (Wildman–Crippen MR) is 64.6 cm³/mol.